The smallest absolute Gasteiger partial charge is 0.234 e. The van der Waals surface area contributed by atoms with E-state index < -0.39 is 0 Å². The quantitative estimate of drug-likeness (QED) is 0.640. The number of rotatable bonds is 5. The van der Waals surface area contributed by atoms with Gasteiger partial charge in [-0.3, -0.25) is 9.89 Å². The van der Waals surface area contributed by atoms with Crippen molar-refractivity contribution in [2.24, 2.45) is 0 Å². The molecule has 0 aliphatic heterocycles. The highest BCUT2D eigenvalue weighted by Crippen LogP contribution is 2.26. The zero-order valence-electron chi connectivity index (χ0n) is 12.3. The number of anilines is 1. The molecular weight excluding hydrogens is 367 g/mol. The molecule has 2 aromatic carbocycles. The lowest BCUT2D eigenvalue weighted by Crippen LogP contribution is -2.14. The topological polar surface area (TPSA) is 70.7 Å². The van der Waals surface area contributed by atoms with Gasteiger partial charge in [-0.15, -0.1) is 5.10 Å². The van der Waals surface area contributed by atoms with Crippen LogP contribution in [0.4, 0.5) is 5.69 Å². The average Bonchev–Trinajstić information content (AvgIpc) is 3.02. The first-order valence-electron chi connectivity index (χ1n) is 6.97. The molecule has 0 bridgehead atoms. The number of aromatic amines is 1. The Kier molecular flexibility index (Phi) is 5.40. The molecule has 0 unspecified atom stereocenters. The van der Waals surface area contributed by atoms with Crippen LogP contribution in [0.2, 0.25) is 10.0 Å². The lowest BCUT2D eigenvalue weighted by Gasteiger charge is -2.04. The third-order valence-corrected chi connectivity index (χ3v) is 4.45. The van der Waals surface area contributed by atoms with E-state index in [4.69, 9.17) is 23.2 Å². The van der Waals surface area contributed by atoms with E-state index in [0.29, 0.717) is 26.7 Å². The summed E-state index contributed by atoms with van der Waals surface area (Å²) in [4.78, 5) is 16.3. The number of aromatic nitrogens is 3. The van der Waals surface area contributed by atoms with Crippen LogP contribution in [0, 0.1) is 0 Å². The van der Waals surface area contributed by atoms with E-state index in [1.807, 2.05) is 18.2 Å². The second kappa shape index (κ2) is 7.70. The maximum Gasteiger partial charge on any atom is 0.234 e. The molecule has 0 atom stereocenters. The number of thioether (sulfide) groups is 1. The molecule has 0 aliphatic rings. The van der Waals surface area contributed by atoms with Crippen molar-refractivity contribution in [3.05, 3.63) is 58.6 Å². The SMILES string of the molecule is O=C(CSc1n[nH]c(-c2ccccc2Cl)n1)Nc1cccc(Cl)c1. The number of halogens is 2. The summed E-state index contributed by atoms with van der Waals surface area (Å²) in [7, 11) is 0. The van der Waals surface area contributed by atoms with E-state index in [-0.39, 0.29) is 11.7 Å². The first-order chi connectivity index (χ1) is 11.6. The first-order valence-corrected chi connectivity index (χ1v) is 8.71. The molecule has 3 aromatic rings. The third kappa shape index (κ3) is 4.29. The Morgan fingerprint density at radius 2 is 2.00 bits per heavy atom. The largest absolute Gasteiger partial charge is 0.325 e. The standard InChI is InChI=1S/C16H12Cl2N4OS/c17-10-4-3-5-11(8-10)19-14(23)9-24-16-20-15(21-22-16)12-6-1-2-7-13(12)18/h1-8H,9H2,(H,19,23)(H,20,21,22). The van der Waals surface area contributed by atoms with Gasteiger partial charge in [0.15, 0.2) is 5.82 Å². The predicted octanol–water partition coefficient (Wildman–Crippen LogP) is 4.51. The number of nitrogens with zero attached hydrogens (tertiary/aromatic N) is 2. The Hall–Kier alpha value is -2.02. The molecule has 0 radical (unpaired) electrons. The van der Waals surface area contributed by atoms with E-state index in [9.17, 15) is 4.79 Å². The van der Waals surface area contributed by atoms with Crippen LogP contribution in [0.3, 0.4) is 0 Å². The minimum atomic E-state index is -0.161. The van der Waals surface area contributed by atoms with Crippen LogP contribution in [0.25, 0.3) is 11.4 Å². The molecule has 2 N–H and O–H groups in total. The van der Waals surface area contributed by atoms with E-state index in [0.717, 1.165) is 5.56 Å². The molecule has 1 aromatic heterocycles. The van der Waals surface area contributed by atoms with E-state index in [1.54, 1.807) is 30.3 Å². The van der Waals surface area contributed by atoms with E-state index >= 15 is 0 Å². The van der Waals surface area contributed by atoms with Crippen LogP contribution in [-0.2, 0) is 4.79 Å². The summed E-state index contributed by atoms with van der Waals surface area (Å²) in [6.07, 6.45) is 0. The fourth-order valence-electron chi connectivity index (χ4n) is 1.98. The first kappa shape index (κ1) is 16.8. The molecule has 0 spiro atoms. The summed E-state index contributed by atoms with van der Waals surface area (Å²) in [5.74, 6) is 0.594. The van der Waals surface area contributed by atoms with Gasteiger partial charge in [0, 0.05) is 16.3 Å². The number of nitrogens with one attached hydrogen (secondary N) is 2. The molecule has 24 heavy (non-hydrogen) atoms. The van der Waals surface area contributed by atoms with Gasteiger partial charge in [-0.05, 0) is 30.3 Å². The zero-order chi connectivity index (χ0) is 16.9. The van der Waals surface area contributed by atoms with Crippen molar-refractivity contribution in [2.45, 2.75) is 5.16 Å². The number of hydrogen-bond donors (Lipinski definition) is 2. The predicted molar refractivity (Wildman–Crippen MR) is 97.6 cm³/mol. The Morgan fingerprint density at radius 3 is 2.79 bits per heavy atom. The van der Waals surface area contributed by atoms with Crippen LogP contribution >= 0.6 is 35.0 Å². The maximum atomic E-state index is 12.0. The van der Waals surface area contributed by atoms with Crippen molar-refractivity contribution in [3.63, 3.8) is 0 Å². The van der Waals surface area contributed by atoms with Gasteiger partial charge in [0.1, 0.15) is 0 Å². The van der Waals surface area contributed by atoms with Gasteiger partial charge < -0.3 is 5.32 Å². The van der Waals surface area contributed by atoms with Gasteiger partial charge in [-0.25, -0.2) is 4.98 Å². The second-order valence-corrected chi connectivity index (χ2v) is 6.58. The average molecular weight is 379 g/mol. The third-order valence-electron chi connectivity index (χ3n) is 3.03. The molecule has 3 rings (SSSR count). The van der Waals surface area contributed by atoms with Crippen molar-refractivity contribution in [1.29, 1.82) is 0 Å². The number of hydrogen-bond acceptors (Lipinski definition) is 4. The van der Waals surface area contributed by atoms with Gasteiger partial charge in [-0.2, -0.15) is 0 Å². The minimum Gasteiger partial charge on any atom is -0.325 e. The second-order valence-electron chi connectivity index (χ2n) is 4.79. The molecule has 0 fully saturated rings. The molecular formula is C16H12Cl2N4OS. The Balaban J connectivity index is 1.59. The molecule has 0 aliphatic carbocycles. The minimum absolute atomic E-state index is 0.161. The summed E-state index contributed by atoms with van der Waals surface area (Å²) < 4.78 is 0. The molecule has 0 saturated carbocycles. The van der Waals surface area contributed by atoms with Crippen LogP contribution < -0.4 is 5.32 Å². The zero-order valence-corrected chi connectivity index (χ0v) is 14.6. The highest BCUT2D eigenvalue weighted by Gasteiger charge is 2.11. The van der Waals surface area contributed by atoms with Crippen molar-refractivity contribution in [3.8, 4) is 11.4 Å². The Morgan fingerprint density at radius 1 is 1.17 bits per heavy atom. The van der Waals surface area contributed by atoms with Crippen LogP contribution in [0.5, 0.6) is 0 Å². The van der Waals surface area contributed by atoms with Crippen molar-refractivity contribution in [1.82, 2.24) is 15.2 Å². The summed E-state index contributed by atoms with van der Waals surface area (Å²) >= 11 is 13.2. The van der Waals surface area contributed by atoms with Gasteiger partial charge in [0.05, 0.1) is 10.8 Å². The van der Waals surface area contributed by atoms with Gasteiger partial charge in [-0.1, -0.05) is 53.2 Å². The van der Waals surface area contributed by atoms with Crippen molar-refractivity contribution < 1.29 is 4.79 Å². The number of amides is 1. The summed E-state index contributed by atoms with van der Waals surface area (Å²) in [5, 5.41) is 11.3. The molecule has 8 heteroatoms. The fourth-order valence-corrected chi connectivity index (χ4v) is 2.99. The van der Waals surface area contributed by atoms with Crippen LogP contribution in [0.15, 0.2) is 53.7 Å². The van der Waals surface area contributed by atoms with E-state index in [2.05, 4.69) is 20.5 Å². The lowest BCUT2D eigenvalue weighted by molar-refractivity contribution is -0.113. The lowest BCUT2D eigenvalue weighted by atomic mass is 10.2. The molecule has 5 nitrogen and oxygen atoms in total. The summed E-state index contributed by atoms with van der Waals surface area (Å²) in [6, 6.07) is 14.3. The maximum absolute atomic E-state index is 12.0. The summed E-state index contributed by atoms with van der Waals surface area (Å²) in [6.45, 7) is 0. The molecule has 1 heterocycles. The number of carbonyl (C=O) groups is 1. The molecule has 1 amide bonds. The van der Waals surface area contributed by atoms with Crippen molar-refractivity contribution in [2.75, 3.05) is 11.1 Å². The van der Waals surface area contributed by atoms with Gasteiger partial charge >= 0.3 is 0 Å². The fraction of sp³-hybridized carbons (Fsp3) is 0.0625. The molecule has 122 valence electrons. The normalized spacial score (nSPS) is 10.6. The Bertz CT molecular complexity index is 869. The van der Waals surface area contributed by atoms with Crippen molar-refractivity contribution >= 4 is 46.6 Å². The van der Waals surface area contributed by atoms with Crippen LogP contribution in [0.1, 0.15) is 0 Å². The van der Waals surface area contributed by atoms with E-state index in [1.165, 1.54) is 11.8 Å². The van der Waals surface area contributed by atoms with Gasteiger partial charge in [0.25, 0.3) is 0 Å². The van der Waals surface area contributed by atoms with Gasteiger partial charge in [0.2, 0.25) is 11.1 Å². The number of benzene rings is 2. The van der Waals surface area contributed by atoms with Crippen LogP contribution in [-0.4, -0.2) is 26.8 Å². The Labute approximate surface area is 152 Å². The number of carbonyl (C=O) groups excluding carboxylic acids is 1. The number of H-pyrrole nitrogens is 1. The summed E-state index contributed by atoms with van der Waals surface area (Å²) in [5.41, 5.74) is 1.42. The highest BCUT2D eigenvalue weighted by atomic mass is 35.5. The highest BCUT2D eigenvalue weighted by molar-refractivity contribution is 7.99. The molecule has 0 saturated heterocycles. The monoisotopic (exact) mass is 378 g/mol.